The lowest BCUT2D eigenvalue weighted by Gasteiger charge is -2.22. The van der Waals surface area contributed by atoms with E-state index in [2.05, 4.69) is 92.7 Å². The monoisotopic (exact) mass is 463 g/mol. The first-order valence-electron chi connectivity index (χ1n) is 12.4. The van der Waals surface area contributed by atoms with E-state index in [4.69, 9.17) is 0 Å². The number of para-hydroxylation sites is 1. The second-order valence-corrected chi connectivity index (χ2v) is 10.2. The maximum absolute atomic E-state index is 14.1. The van der Waals surface area contributed by atoms with Crippen LogP contribution in [0.15, 0.2) is 120 Å². The van der Waals surface area contributed by atoms with Crippen molar-refractivity contribution in [2.45, 2.75) is 19.3 Å². The SMILES string of the molecule is CC1(C)c2ccccc2-c2cc3c(cc21)c(=O)n(-c1ccccc1)c1ccc(-c2ccccc2)cc31. The predicted octanol–water partition coefficient (Wildman–Crippen LogP) is 8.12. The van der Waals surface area contributed by atoms with Crippen LogP contribution >= 0.6 is 0 Å². The molecule has 0 radical (unpaired) electrons. The Bertz CT molecular complexity index is 1860. The van der Waals surface area contributed by atoms with Crippen molar-refractivity contribution in [3.63, 3.8) is 0 Å². The van der Waals surface area contributed by atoms with Crippen LogP contribution in [-0.2, 0) is 5.41 Å². The number of pyridine rings is 1. The third kappa shape index (κ3) is 2.88. The minimum Gasteiger partial charge on any atom is -0.276 e. The highest BCUT2D eigenvalue weighted by atomic mass is 16.1. The van der Waals surface area contributed by atoms with Crippen molar-refractivity contribution in [2.24, 2.45) is 0 Å². The summed E-state index contributed by atoms with van der Waals surface area (Å²) in [6.07, 6.45) is 0. The van der Waals surface area contributed by atoms with Crippen LogP contribution in [0, 0.1) is 0 Å². The molecule has 0 bridgehead atoms. The Morgan fingerprint density at radius 2 is 1.25 bits per heavy atom. The molecule has 172 valence electrons. The first-order valence-corrected chi connectivity index (χ1v) is 12.4. The smallest absolute Gasteiger partial charge is 0.263 e. The second kappa shape index (κ2) is 7.53. The molecule has 0 saturated heterocycles. The summed E-state index contributed by atoms with van der Waals surface area (Å²) in [4.78, 5) is 14.1. The number of nitrogens with zero attached hydrogens (tertiary/aromatic N) is 1. The Morgan fingerprint density at radius 3 is 2.03 bits per heavy atom. The molecule has 1 aliphatic carbocycles. The molecule has 0 atom stereocenters. The van der Waals surface area contributed by atoms with E-state index < -0.39 is 0 Å². The lowest BCUT2D eigenvalue weighted by molar-refractivity contribution is 0.661. The summed E-state index contributed by atoms with van der Waals surface area (Å²) in [5.41, 5.74) is 8.98. The van der Waals surface area contributed by atoms with Gasteiger partial charge in [0, 0.05) is 21.9 Å². The summed E-state index contributed by atoms with van der Waals surface area (Å²) in [5.74, 6) is 0. The molecule has 1 heterocycles. The fourth-order valence-electron chi connectivity index (χ4n) is 5.97. The van der Waals surface area contributed by atoms with Gasteiger partial charge >= 0.3 is 0 Å². The first kappa shape index (κ1) is 20.9. The summed E-state index contributed by atoms with van der Waals surface area (Å²) >= 11 is 0. The molecule has 7 rings (SSSR count). The topological polar surface area (TPSA) is 22.0 Å². The van der Waals surface area contributed by atoms with Crippen molar-refractivity contribution < 1.29 is 0 Å². The summed E-state index contributed by atoms with van der Waals surface area (Å²) in [7, 11) is 0. The average Bonchev–Trinajstić information content (AvgIpc) is 3.15. The van der Waals surface area contributed by atoms with E-state index in [9.17, 15) is 4.79 Å². The van der Waals surface area contributed by atoms with Crippen LogP contribution in [0.5, 0.6) is 0 Å². The summed E-state index contributed by atoms with van der Waals surface area (Å²) < 4.78 is 1.87. The van der Waals surface area contributed by atoms with E-state index in [0.717, 1.165) is 38.5 Å². The van der Waals surface area contributed by atoms with E-state index in [-0.39, 0.29) is 11.0 Å². The van der Waals surface area contributed by atoms with Crippen molar-refractivity contribution in [1.82, 2.24) is 4.57 Å². The van der Waals surface area contributed by atoms with Gasteiger partial charge in [-0.15, -0.1) is 0 Å². The number of rotatable bonds is 2. The molecule has 2 nitrogen and oxygen atoms in total. The third-order valence-corrected chi connectivity index (χ3v) is 7.80. The standard InChI is InChI=1S/C34H25NO/c1-34(2)30-16-10-9-15-25(30)27-20-26-28-19-23(22-11-5-3-6-12-22)17-18-32(28)35(24-13-7-4-8-14-24)33(36)29(26)21-31(27)34/h3-21H,1-2H3. The van der Waals surface area contributed by atoms with Gasteiger partial charge in [-0.05, 0) is 75.2 Å². The van der Waals surface area contributed by atoms with Crippen LogP contribution in [0.25, 0.3) is 49.6 Å². The molecule has 6 aromatic rings. The molecular weight excluding hydrogens is 438 g/mol. The van der Waals surface area contributed by atoms with Gasteiger partial charge in [0.2, 0.25) is 0 Å². The van der Waals surface area contributed by atoms with E-state index in [1.165, 1.54) is 22.3 Å². The fraction of sp³-hybridized carbons (Fsp3) is 0.0882. The molecule has 0 fully saturated rings. The highest BCUT2D eigenvalue weighted by Crippen LogP contribution is 2.50. The van der Waals surface area contributed by atoms with Gasteiger partial charge < -0.3 is 0 Å². The quantitative estimate of drug-likeness (QED) is 0.238. The Morgan fingerprint density at radius 1 is 0.556 bits per heavy atom. The lowest BCUT2D eigenvalue weighted by Crippen LogP contribution is -2.20. The van der Waals surface area contributed by atoms with Crippen LogP contribution < -0.4 is 5.56 Å². The van der Waals surface area contributed by atoms with Crippen molar-refractivity contribution in [3.05, 3.63) is 137 Å². The van der Waals surface area contributed by atoms with E-state index in [1.807, 2.05) is 41.0 Å². The zero-order valence-electron chi connectivity index (χ0n) is 20.3. The van der Waals surface area contributed by atoms with E-state index in [0.29, 0.717) is 0 Å². The second-order valence-electron chi connectivity index (χ2n) is 10.2. The van der Waals surface area contributed by atoms with Crippen molar-refractivity contribution in [2.75, 3.05) is 0 Å². The Hall–Kier alpha value is -4.43. The molecule has 1 aliphatic rings. The minimum absolute atomic E-state index is 0.0192. The Labute approximate surface area is 210 Å². The van der Waals surface area contributed by atoms with Gasteiger partial charge in [0.1, 0.15) is 0 Å². The first-order chi connectivity index (χ1) is 17.5. The van der Waals surface area contributed by atoms with Crippen molar-refractivity contribution >= 4 is 21.7 Å². The molecule has 0 amide bonds. The number of aromatic nitrogens is 1. The highest BCUT2D eigenvalue weighted by Gasteiger charge is 2.35. The van der Waals surface area contributed by atoms with E-state index >= 15 is 0 Å². The highest BCUT2D eigenvalue weighted by molar-refractivity contribution is 6.10. The molecular formula is C34H25NO. The Kier molecular flexibility index (Phi) is 4.37. The van der Waals surface area contributed by atoms with Crippen LogP contribution in [0.4, 0.5) is 0 Å². The van der Waals surface area contributed by atoms with Crippen LogP contribution in [0.3, 0.4) is 0 Å². The van der Waals surface area contributed by atoms with Crippen molar-refractivity contribution in [3.8, 4) is 27.9 Å². The van der Waals surface area contributed by atoms with Gasteiger partial charge in [0.25, 0.3) is 5.56 Å². The maximum Gasteiger partial charge on any atom is 0.263 e. The molecule has 0 saturated carbocycles. The minimum atomic E-state index is -0.162. The zero-order valence-corrected chi connectivity index (χ0v) is 20.3. The molecule has 0 aliphatic heterocycles. The normalized spacial score (nSPS) is 13.6. The molecule has 2 heteroatoms. The van der Waals surface area contributed by atoms with Gasteiger partial charge in [-0.25, -0.2) is 0 Å². The average molecular weight is 464 g/mol. The molecule has 36 heavy (non-hydrogen) atoms. The van der Waals surface area contributed by atoms with Gasteiger partial charge in [-0.1, -0.05) is 92.7 Å². The van der Waals surface area contributed by atoms with Crippen molar-refractivity contribution in [1.29, 1.82) is 0 Å². The largest absolute Gasteiger partial charge is 0.276 e. The Balaban J connectivity index is 1.64. The zero-order chi connectivity index (χ0) is 24.4. The maximum atomic E-state index is 14.1. The van der Waals surface area contributed by atoms with E-state index in [1.54, 1.807) is 0 Å². The van der Waals surface area contributed by atoms with Crippen LogP contribution in [-0.4, -0.2) is 4.57 Å². The molecule has 0 N–H and O–H groups in total. The number of hydrogen-bond donors (Lipinski definition) is 0. The molecule has 0 spiro atoms. The van der Waals surface area contributed by atoms with Gasteiger partial charge in [0.15, 0.2) is 0 Å². The fourth-order valence-corrected chi connectivity index (χ4v) is 5.97. The van der Waals surface area contributed by atoms with Crippen LogP contribution in [0.2, 0.25) is 0 Å². The third-order valence-electron chi connectivity index (χ3n) is 7.80. The van der Waals surface area contributed by atoms with Gasteiger partial charge in [0.05, 0.1) is 5.52 Å². The van der Waals surface area contributed by atoms with Gasteiger partial charge in [-0.3, -0.25) is 9.36 Å². The van der Waals surface area contributed by atoms with Gasteiger partial charge in [-0.2, -0.15) is 0 Å². The number of benzene rings is 5. The number of fused-ring (bicyclic) bond motifs is 6. The molecule has 1 aromatic heterocycles. The predicted molar refractivity (Wildman–Crippen MR) is 150 cm³/mol. The molecule has 5 aromatic carbocycles. The summed E-state index contributed by atoms with van der Waals surface area (Å²) in [6, 6.07) is 39.9. The number of hydrogen-bond acceptors (Lipinski definition) is 1. The lowest BCUT2D eigenvalue weighted by atomic mass is 9.82. The molecule has 0 unspecified atom stereocenters. The summed E-state index contributed by atoms with van der Waals surface area (Å²) in [5, 5.41) is 2.85. The summed E-state index contributed by atoms with van der Waals surface area (Å²) in [6.45, 7) is 4.52. The van der Waals surface area contributed by atoms with Crippen LogP contribution in [0.1, 0.15) is 25.0 Å².